The molecule has 0 amide bonds. The van der Waals surface area contributed by atoms with Crippen molar-refractivity contribution < 1.29 is 13.2 Å². The highest BCUT2D eigenvalue weighted by atomic mass is 19.4. The third-order valence-corrected chi connectivity index (χ3v) is 2.02. The van der Waals surface area contributed by atoms with Crippen molar-refractivity contribution in [1.82, 2.24) is 0 Å². The van der Waals surface area contributed by atoms with Crippen molar-refractivity contribution in [3.63, 3.8) is 0 Å². The standard InChI is InChI=1S/C10H13F3N2/c1-7-2-4-8(5-3-7)15-9(6-14)10(11,12)13/h2-5,9,15H,6,14H2,1H3. The lowest BCUT2D eigenvalue weighted by Crippen LogP contribution is -2.42. The molecule has 84 valence electrons. The number of halogens is 3. The molecule has 0 aliphatic heterocycles. The molecule has 0 spiro atoms. The van der Waals surface area contributed by atoms with Gasteiger partial charge in [0.25, 0.3) is 0 Å². The molecule has 15 heavy (non-hydrogen) atoms. The SMILES string of the molecule is Cc1ccc(NC(CN)C(F)(F)F)cc1. The van der Waals surface area contributed by atoms with Crippen LogP contribution in [0.3, 0.4) is 0 Å². The second-order valence-electron chi connectivity index (χ2n) is 3.34. The number of anilines is 1. The summed E-state index contributed by atoms with van der Waals surface area (Å²) in [5.41, 5.74) is 6.48. The number of nitrogens with two attached hydrogens (primary N) is 1. The highest BCUT2D eigenvalue weighted by molar-refractivity contribution is 5.45. The number of nitrogens with one attached hydrogen (secondary N) is 1. The molecular formula is C10H13F3N2. The zero-order valence-electron chi connectivity index (χ0n) is 8.31. The fourth-order valence-corrected chi connectivity index (χ4v) is 1.13. The predicted molar refractivity (Wildman–Crippen MR) is 53.7 cm³/mol. The van der Waals surface area contributed by atoms with Crippen molar-refractivity contribution >= 4 is 5.69 Å². The molecule has 5 heteroatoms. The molecule has 1 aromatic rings. The number of aryl methyl sites for hydroxylation is 1. The van der Waals surface area contributed by atoms with Gasteiger partial charge in [-0.25, -0.2) is 0 Å². The molecule has 1 unspecified atom stereocenters. The van der Waals surface area contributed by atoms with E-state index in [1.165, 1.54) is 0 Å². The zero-order valence-corrected chi connectivity index (χ0v) is 8.31. The van der Waals surface area contributed by atoms with E-state index in [4.69, 9.17) is 5.73 Å². The third kappa shape index (κ3) is 3.43. The Morgan fingerprint density at radius 2 is 1.80 bits per heavy atom. The maximum atomic E-state index is 12.3. The van der Waals surface area contributed by atoms with E-state index >= 15 is 0 Å². The lowest BCUT2D eigenvalue weighted by Gasteiger charge is -2.20. The minimum atomic E-state index is -4.32. The van der Waals surface area contributed by atoms with Crippen LogP contribution in [0.15, 0.2) is 24.3 Å². The fraction of sp³-hybridized carbons (Fsp3) is 0.400. The predicted octanol–water partition coefficient (Wildman–Crippen LogP) is 2.30. The zero-order chi connectivity index (χ0) is 11.5. The quantitative estimate of drug-likeness (QED) is 0.816. The lowest BCUT2D eigenvalue weighted by atomic mass is 10.2. The van der Waals surface area contributed by atoms with Crippen molar-refractivity contribution in [2.24, 2.45) is 5.73 Å². The molecule has 0 aromatic heterocycles. The summed E-state index contributed by atoms with van der Waals surface area (Å²) in [6.07, 6.45) is -4.32. The molecule has 0 aliphatic carbocycles. The van der Waals surface area contributed by atoms with E-state index in [1.54, 1.807) is 24.3 Å². The summed E-state index contributed by atoms with van der Waals surface area (Å²) in [5.74, 6) is 0. The van der Waals surface area contributed by atoms with Crippen LogP contribution in [-0.4, -0.2) is 18.8 Å². The first-order valence-corrected chi connectivity index (χ1v) is 4.53. The molecule has 0 radical (unpaired) electrons. The van der Waals surface area contributed by atoms with E-state index in [-0.39, 0.29) is 0 Å². The van der Waals surface area contributed by atoms with Gasteiger partial charge in [0.15, 0.2) is 0 Å². The van der Waals surface area contributed by atoms with Gasteiger partial charge in [0.1, 0.15) is 6.04 Å². The van der Waals surface area contributed by atoms with Gasteiger partial charge < -0.3 is 11.1 Å². The fourth-order valence-electron chi connectivity index (χ4n) is 1.13. The average Bonchev–Trinajstić information content (AvgIpc) is 2.15. The first kappa shape index (κ1) is 11.8. The highest BCUT2D eigenvalue weighted by Gasteiger charge is 2.38. The van der Waals surface area contributed by atoms with Gasteiger partial charge in [0, 0.05) is 12.2 Å². The Kier molecular flexibility index (Phi) is 3.57. The second-order valence-corrected chi connectivity index (χ2v) is 3.34. The van der Waals surface area contributed by atoms with Gasteiger partial charge in [-0.1, -0.05) is 17.7 Å². The number of hydrogen-bond donors (Lipinski definition) is 2. The molecule has 1 aromatic carbocycles. The maximum Gasteiger partial charge on any atom is 0.409 e. The van der Waals surface area contributed by atoms with Crippen LogP contribution in [0.25, 0.3) is 0 Å². The summed E-state index contributed by atoms with van der Waals surface area (Å²) in [6, 6.07) is 4.99. The molecule has 0 fully saturated rings. The number of rotatable bonds is 3. The van der Waals surface area contributed by atoms with E-state index in [9.17, 15) is 13.2 Å². The average molecular weight is 218 g/mol. The number of hydrogen-bond acceptors (Lipinski definition) is 2. The summed E-state index contributed by atoms with van der Waals surface area (Å²) in [4.78, 5) is 0. The molecule has 0 saturated heterocycles. The van der Waals surface area contributed by atoms with Gasteiger partial charge in [0.2, 0.25) is 0 Å². The van der Waals surface area contributed by atoms with Gasteiger partial charge >= 0.3 is 6.18 Å². The monoisotopic (exact) mass is 218 g/mol. The molecular weight excluding hydrogens is 205 g/mol. The summed E-state index contributed by atoms with van der Waals surface area (Å²) >= 11 is 0. The smallest absolute Gasteiger partial charge is 0.373 e. The Morgan fingerprint density at radius 3 is 2.20 bits per heavy atom. The van der Waals surface area contributed by atoms with Crippen molar-refractivity contribution in [3.05, 3.63) is 29.8 Å². The first-order valence-electron chi connectivity index (χ1n) is 4.53. The van der Waals surface area contributed by atoms with Crippen LogP contribution in [0.2, 0.25) is 0 Å². The molecule has 0 aliphatic rings. The summed E-state index contributed by atoms with van der Waals surface area (Å²) in [6.45, 7) is 1.39. The van der Waals surface area contributed by atoms with E-state index in [0.717, 1.165) is 5.56 Å². The Bertz CT molecular complexity index is 305. The largest absolute Gasteiger partial charge is 0.409 e. The number of alkyl halides is 3. The maximum absolute atomic E-state index is 12.3. The van der Waals surface area contributed by atoms with E-state index in [0.29, 0.717) is 5.69 Å². The van der Waals surface area contributed by atoms with Crippen molar-refractivity contribution in [2.75, 3.05) is 11.9 Å². The Morgan fingerprint density at radius 1 is 1.27 bits per heavy atom. The molecule has 0 bridgehead atoms. The second kappa shape index (κ2) is 4.53. The molecule has 0 heterocycles. The van der Waals surface area contributed by atoms with Gasteiger partial charge in [-0.15, -0.1) is 0 Å². The van der Waals surface area contributed by atoms with Crippen LogP contribution in [-0.2, 0) is 0 Å². The van der Waals surface area contributed by atoms with Crippen LogP contribution in [0.4, 0.5) is 18.9 Å². The third-order valence-electron chi connectivity index (χ3n) is 2.02. The van der Waals surface area contributed by atoms with E-state index in [2.05, 4.69) is 5.32 Å². The topological polar surface area (TPSA) is 38.0 Å². The lowest BCUT2D eigenvalue weighted by molar-refractivity contribution is -0.140. The Hall–Kier alpha value is -1.23. The van der Waals surface area contributed by atoms with Gasteiger partial charge in [-0.2, -0.15) is 13.2 Å². The summed E-state index contributed by atoms with van der Waals surface area (Å²) in [5, 5.41) is 2.35. The normalized spacial score (nSPS) is 13.7. The van der Waals surface area contributed by atoms with Crippen LogP contribution in [0.1, 0.15) is 5.56 Å². The number of benzene rings is 1. The van der Waals surface area contributed by atoms with Gasteiger partial charge in [-0.05, 0) is 19.1 Å². The summed E-state index contributed by atoms with van der Waals surface area (Å²) in [7, 11) is 0. The molecule has 1 rings (SSSR count). The molecule has 0 saturated carbocycles. The van der Waals surface area contributed by atoms with E-state index in [1.807, 2.05) is 6.92 Å². The van der Waals surface area contributed by atoms with Crippen LogP contribution >= 0.6 is 0 Å². The molecule has 2 nitrogen and oxygen atoms in total. The van der Waals surface area contributed by atoms with Crippen LogP contribution in [0.5, 0.6) is 0 Å². The van der Waals surface area contributed by atoms with Gasteiger partial charge in [-0.3, -0.25) is 0 Å². The van der Waals surface area contributed by atoms with E-state index < -0.39 is 18.8 Å². The highest BCUT2D eigenvalue weighted by Crippen LogP contribution is 2.23. The summed E-state index contributed by atoms with van der Waals surface area (Å²) < 4.78 is 37.0. The van der Waals surface area contributed by atoms with Crippen LogP contribution < -0.4 is 11.1 Å². The van der Waals surface area contributed by atoms with Crippen molar-refractivity contribution in [2.45, 2.75) is 19.1 Å². The first-order chi connectivity index (χ1) is 6.93. The Balaban J connectivity index is 2.71. The Labute approximate surface area is 86.3 Å². The molecule has 1 atom stereocenters. The van der Waals surface area contributed by atoms with Crippen molar-refractivity contribution in [3.8, 4) is 0 Å². The van der Waals surface area contributed by atoms with Gasteiger partial charge in [0.05, 0.1) is 0 Å². The minimum Gasteiger partial charge on any atom is -0.373 e. The minimum absolute atomic E-state index is 0.424. The van der Waals surface area contributed by atoms with Crippen molar-refractivity contribution in [1.29, 1.82) is 0 Å². The van der Waals surface area contributed by atoms with Crippen LogP contribution in [0, 0.1) is 6.92 Å². The molecule has 3 N–H and O–H groups in total.